The molecule has 1 nitrogen and oxygen atoms in total. The van der Waals surface area contributed by atoms with Gasteiger partial charge in [-0.05, 0) is 96.9 Å². The Hall–Kier alpha value is -2.28. The van der Waals surface area contributed by atoms with E-state index in [1.165, 1.54) is 43.2 Å². The first-order valence-corrected chi connectivity index (χ1v) is 11.7. The van der Waals surface area contributed by atoms with Crippen molar-refractivity contribution in [2.75, 3.05) is 0 Å². The summed E-state index contributed by atoms with van der Waals surface area (Å²) in [5.74, 6) is 3.93. The van der Waals surface area contributed by atoms with Crippen molar-refractivity contribution in [3.8, 4) is 5.75 Å². The highest BCUT2D eigenvalue weighted by molar-refractivity contribution is 5.42. The van der Waals surface area contributed by atoms with Gasteiger partial charge in [-0.1, -0.05) is 61.0 Å². The molecular weight excluding hydrogens is 364 g/mol. The summed E-state index contributed by atoms with van der Waals surface area (Å²) in [4.78, 5) is 0. The third-order valence-electron chi connectivity index (χ3n) is 8.50. The van der Waals surface area contributed by atoms with E-state index in [1.54, 1.807) is 11.1 Å². The first-order chi connectivity index (χ1) is 14.6. The van der Waals surface area contributed by atoms with Crippen LogP contribution in [0.2, 0.25) is 0 Å². The van der Waals surface area contributed by atoms with E-state index >= 15 is 0 Å². The van der Waals surface area contributed by atoms with Gasteiger partial charge in [0.1, 0.15) is 12.4 Å². The number of fused-ring (bicyclic) bond motifs is 5. The lowest BCUT2D eigenvalue weighted by atomic mass is 9.55. The molecule has 0 unspecified atom stereocenters. The van der Waals surface area contributed by atoms with Gasteiger partial charge in [-0.15, -0.1) is 6.58 Å². The lowest BCUT2D eigenvalue weighted by molar-refractivity contribution is 0.0808. The molecule has 2 saturated carbocycles. The fraction of sp³-hybridized carbons (Fsp3) is 0.448. The van der Waals surface area contributed by atoms with Gasteiger partial charge in [0, 0.05) is 0 Å². The molecule has 0 heterocycles. The van der Waals surface area contributed by atoms with E-state index in [0.29, 0.717) is 17.9 Å². The molecular formula is C29H34O. The molecule has 0 spiro atoms. The summed E-state index contributed by atoms with van der Waals surface area (Å²) < 4.78 is 6.12. The molecule has 3 aliphatic carbocycles. The Balaban J connectivity index is 1.36. The number of allylic oxidation sites excluding steroid dienone is 3. The van der Waals surface area contributed by atoms with Crippen molar-refractivity contribution in [3.63, 3.8) is 0 Å². The number of hydrogen-bond donors (Lipinski definition) is 0. The highest BCUT2D eigenvalue weighted by atomic mass is 16.5. The van der Waals surface area contributed by atoms with Crippen molar-refractivity contribution in [3.05, 3.63) is 89.5 Å². The maximum atomic E-state index is 6.12. The van der Waals surface area contributed by atoms with E-state index in [9.17, 15) is 0 Å². The predicted molar refractivity (Wildman–Crippen MR) is 125 cm³/mol. The SMILES string of the molecule is C=C[C@H]1C[C@H]2[C@@H]3CCc4cc(OCc5ccccc5)ccc4[C@H]3CC[C@]2(C)/C1=C/C. The molecule has 1 heteroatoms. The zero-order chi connectivity index (χ0) is 20.7. The van der Waals surface area contributed by atoms with E-state index in [4.69, 9.17) is 4.74 Å². The monoisotopic (exact) mass is 398 g/mol. The lowest BCUT2D eigenvalue weighted by Gasteiger charge is -2.49. The standard InChI is InChI=1S/C29H34O/c1-4-21-18-28-26-13-11-22-17-23(30-19-20-9-7-6-8-10-20)12-14-24(22)25(26)15-16-29(28,3)27(21)5-2/h4-10,12,14,17,21,25-26,28H,1,11,13,15-16,18-19H2,2-3H3/b27-5+/t21-,25+,26+,28-,29+/m0/s1. The Bertz CT molecular complexity index is 956. The molecule has 0 amide bonds. The predicted octanol–water partition coefficient (Wildman–Crippen LogP) is 7.48. The number of hydrogen-bond acceptors (Lipinski definition) is 1. The van der Waals surface area contributed by atoms with Crippen LogP contribution in [0, 0.1) is 23.2 Å². The Morgan fingerprint density at radius 2 is 1.97 bits per heavy atom. The molecule has 30 heavy (non-hydrogen) atoms. The van der Waals surface area contributed by atoms with E-state index < -0.39 is 0 Å². The minimum Gasteiger partial charge on any atom is -0.489 e. The summed E-state index contributed by atoms with van der Waals surface area (Å²) in [6.07, 6.45) is 11.1. The van der Waals surface area contributed by atoms with Gasteiger partial charge < -0.3 is 4.74 Å². The van der Waals surface area contributed by atoms with Gasteiger partial charge in [0.25, 0.3) is 0 Å². The summed E-state index contributed by atoms with van der Waals surface area (Å²) in [7, 11) is 0. The Morgan fingerprint density at radius 1 is 1.13 bits per heavy atom. The van der Waals surface area contributed by atoms with Crippen LogP contribution in [-0.4, -0.2) is 0 Å². The van der Waals surface area contributed by atoms with Gasteiger partial charge in [-0.2, -0.15) is 0 Å². The number of benzene rings is 2. The number of ether oxygens (including phenoxy) is 1. The second kappa shape index (κ2) is 7.76. The molecule has 3 aliphatic rings. The maximum Gasteiger partial charge on any atom is 0.120 e. The molecule has 2 aromatic carbocycles. The highest BCUT2D eigenvalue weighted by Crippen LogP contribution is 2.64. The smallest absolute Gasteiger partial charge is 0.120 e. The largest absolute Gasteiger partial charge is 0.489 e. The molecule has 0 saturated heterocycles. The summed E-state index contributed by atoms with van der Waals surface area (Å²) >= 11 is 0. The van der Waals surface area contributed by atoms with Crippen LogP contribution in [-0.2, 0) is 13.0 Å². The van der Waals surface area contributed by atoms with Crippen molar-refractivity contribution in [2.45, 2.75) is 58.5 Å². The van der Waals surface area contributed by atoms with Gasteiger partial charge in [0.05, 0.1) is 0 Å². The molecule has 5 atom stereocenters. The van der Waals surface area contributed by atoms with Crippen LogP contribution in [0.5, 0.6) is 5.75 Å². The molecule has 156 valence electrons. The van der Waals surface area contributed by atoms with Crippen LogP contribution in [0.15, 0.2) is 72.8 Å². The van der Waals surface area contributed by atoms with Crippen LogP contribution in [0.25, 0.3) is 0 Å². The van der Waals surface area contributed by atoms with Crippen molar-refractivity contribution < 1.29 is 4.74 Å². The van der Waals surface area contributed by atoms with Gasteiger partial charge >= 0.3 is 0 Å². The Kier molecular flexibility index (Phi) is 5.09. The molecule has 0 N–H and O–H groups in total. The van der Waals surface area contributed by atoms with Crippen molar-refractivity contribution in [2.24, 2.45) is 23.2 Å². The van der Waals surface area contributed by atoms with Crippen molar-refractivity contribution in [1.82, 2.24) is 0 Å². The lowest BCUT2D eigenvalue weighted by Crippen LogP contribution is -2.40. The fourth-order valence-electron chi connectivity index (χ4n) is 7.09. The summed E-state index contributed by atoms with van der Waals surface area (Å²) in [5.41, 5.74) is 6.39. The zero-order valence-corrected chi connectivity index (χ0v) is 18.4. The second-order valence-electron chi connectivity index (χ2n) is 9.83. The third kappa shape index (κ3) is 3.14. The van der Waals surface area contributed by atoms with Crippen LogP contribution in [0.4, 0.5) is 0 Å². The van der Waals surface area contributed by atoms with Crippen molar-refractivity contribution >= 4 is 0 Å². The van der Waals surface area contributed by atoms with Crippen LogP contribution >= 0.6 is 0 Å². The second-order valence-corrected chi connectivity index (χ2v) is 9.83. The van der Waals surface area contributed by atoms with E-state index in [1.807, 2.05) is 0 Å². The van der Waals surface area contributed by atoms with E-state index in [0.717, 1.165) is 23.5 Å². The van der Waals surface area contributed by atoms with Gasteiger partial charge in [0.15, 0.2) is 0 Å². The van der Waals surface area contributed by atoms with E-state index in [-0.39, 0.29) is 0 Å². The third-order valence-corrected chi connectivity index (χ3v) is 8.50. The highest BCUT2D eigenvalue weighted by Gasteiger charge is 2.54. The summed E-state index contributed by atoms with van der Waals surface area (Å²) in [6.45, 7) is 9.58. The topological polar surface area (TPSA) is 9.23 Å². The first-order valence-electron chi connectivity index (χ1n) is 11.7. The molecule has 0 radical (unpaired) electrons. The molecule has 5 rings (SSSR count). The summed E-state index contributed by atoms with van der Waals surface area (Å²) in [5, 5.41) is 0. The Labute approximate surface area is 181 Å². The normalized spacial score (nSPS) is 33.5. The minimum atomic E-state index is 0.380. The fourth-order valence-corrected chi connectivity index (χ4v) is 7.09. The minimum absolute atomic E-state index is 0.380. The molecule has 2 fully saturated rings. The number of rotatable bonds is 4. The molecule has 0 aromatic heterocycles. The average Bonchev–Trinajstić information content (AvgIpc) is 3.09. The van der Waals surface area contributed by atoms with Crippen LogP contribution in [0.1, 0.15) is 62.1 Å². The Morgan fingerprint density at radius 3 is 2.73 bits per heavy atom. The van der Waals surface area contributed by atoms with Crippen molar-refractivity contribution in [1.29, 1.82) is 0 Å². The molecule has 0 bridgehead atoms. The molecule has 2 aromatic rings. The van der Waals surface area contributed by atoms with Crippen LogP contribution in [0.3, 0.4) is 0 Å². The quantitative estimate of drug-likeness (QED) is 0.485. The summed E-state index contributed by atoms with van der Waals surface area (Å²) in [6, 6.07) is 17.3. The van der Waals surface area contributed by atoms with Gasteiger partial charge in [-0.3, -0.25) is 0 Å². The zero-order valence-electron chi connectivity index (χ0n) is 18.4. The number of aryl methyl sites for hydroxylation is 1. The van der Waals surface area contributed by atoms with E-state index in [2.05, 4.69) is 81.1 Å². The van der Waals surface area contributed by atoms with Gasteiger partial charge in [0.2, 0.25) is 0 Å². The molecule has 0 aliphatic heterocycles. The maximum absolute atomic E-state index is 6.12. The van der Waals surface area contributed by atoms with Gasteiger partial charge in [-0.25, -0.2) is 0 Å². The van der Waals surface area contributed by atoms with Crippen LogP contribution < -0.4 is 4.74 Å². The first kappa shape index (κ1) is 19.7. The average molecular weight is 399 g/mol.